The first-order chi connectivity index (χ1) is 21.1. The van der Waals surface area contributed by atoms with Crippen LogP contribution in [0.3, 0.4) is 0 Å². The van der Waals surface area contributed by atoms with Crippen LogP contribution in [0.5, 0.6) is 11.5 Å². The van der Waals surface area contributed by atoms with Crippen molar-refractivity contribution < 1.29 is 27.5 Å². The maximum absolute atomic E-state index is 14.0. The summed E-state index contributed by atoms with van der Waals surface area (Å²) < 4.78 is 38.0. The number of nitrogens with one attached hydrogen (secondary N) is 1. The number of ether oxygens (including phenoxy) is 2. The minimum Gasteiger partial charge on any atom is -0.486 e. The lowest BCUT2D eigenvalue weighted by molar-refractivity contribution is -0.141. The number of fused-ring (bicyclic) bond motifs is 1. The molecular weight excluding hydrogens is 625 g/mol. The lowest BCUT2D eigenvalue weighted by atomic mass is 10.0. The zero-order valence-electron chi connectivity index (χ0n) is 24.8. The van der Waals surface area contributed by atoms with Crippen LogP contribution < -0.4 is 19.1 Å². The smallest absolute Gasteiger partial charge is 0.243 e. The van der Waals surface area contributed by atoms with Crippen molar-refractivity contribution in [1.29, 1.82) is 0 Å². The zero-order valence-corrected chi connectivity index (χ0v) is 27.1. The molecule has 0 aliphatic carbocycles. The Kier molecular flexibility index (Phi) is 11.8. The number of carbonyl (C=O) groups is 2. The van der Waals surface area contributed by atoms with E-state index in [2.05, 4.69) is 5.32 Å². The second-order valence-electron chi connectivity index (χ2n) is 10.5. The van der Waals surface area contributed by atoms with Crippen molar-refractivity contribution in [2.45, 2.75) is 45.2 Å². The van der Waals surface area contributed by atoms with E-state index in [4.69, 9.17) is 32.7 Å². The summed E-state index contributed by atoms with van der Waals surface area (Å²) in [4.78, 5) is 29.0. The summed E-state index contributed by atoms with van der Waals surface area (Å²) in [6, 6.07) is 18.8. The second-order valence-corrected chi connectivity index (χ2v) is 13.3. The van der Waals surface area contributed by atoms with E-state index >= 15 is 0 Å². The molecule has 236 valence electrons. The summed E-state index contributed by atoms with van der Waals surface area (Å²) in [5.74, 6) is 0.456. The van der Waals surface area contributed by atoms with Crippen molar-refractivity contribution in [2.75, 3.05) is 36.9 Å². The van der Waals surface area contributed by atoms with Gasteiger partial charge in [-0.05, 0) is 48.2 Å². The Balaban J connectivity index is 1.58. The molecule has 0 saturated carbocycles. The van der Waals surface area contributed by atoms with Crippen LogP contribution in [0, 0.1) is 0 Å². The van der Waals surface area contributed by atoms with Crippen LogP contribution >= 0.6 is 23.2 Å². The summed E-state index contributed by atoms with van der Waals surface area (Å²) in [5.41, 5.74) is 2.03. The van der Waals surface area contributed by atoms with Gasteiger partial charge >= 0.3 is 0 Å². The number of benzene rings is 3. The minimum absolute atomic E-state index is 0.00421. The van der Waals surface area contributed by atoms with Gasteiger partial charge in [0.1, 0.15) is 19.3 Å². The molecular formula is C32H37Cl2N3O6S. The molecule has 1 aliphatic rings. The number of amides is 2. The third kappa shape index (κ3) is 9.03. The Bertz CT molecular complexity index is 1550. The van der Waals surface area contributed by atoms with Gasteiger partial charge in [0.05, 0.1) is 22.0 Å². The largest absolute Gasteiger partial charge is 0.486 e. The molecule has 1 atom stereocenters. The maximum Gasteiger partial charge on any atom is 0.243 e. The van der Waals surface area contributed by atoms with Gasteiger partial charge in [-0.3, -0.25) is 13.9 Å². The third-order valence-electron chi connectivity index (χ3n) is 7.12. The molecule has 1 N–H and O–H groups in total. The standard InChI is InChI=1S/C32H37Cl2N3O6S/c1-3-15-35-32(39)28(20-23-8-5-4-6-9-23)36(22-24-11-13-26(33)27(34)19-24)31(38)10-7-16-37(44(2,40)41)25-12-14-29-30(21-25)43-18-17-42-29/h4-6,8-9,11-14,19,21,28H,3,7,10,15-18,20,22H2,1-2H3,(H,35,39). The van der Waals surface area contributed by atoms with E-state index in [1.54, 1.807) is 41.3 Å². The van der Waals surface area contributed by atoms with Crippen LogP contribution in [-0.4, -0.2) is 63.7 Å². The fourth-order valence-electron chi connectivity index (χ4n) is 4.95. The van der Waals surface area contributed by atoms with Gasteiger partial charge in [-0.2, -0.15) is 0 Å². The van der Waals surface area contributed by atoms with E-state index in [9.17, 15) is 18.0 Å². The van der Waals surface area contributed by atoms with E-state index < -0.39 is 16.1 Å². The van der Waals surface area contributed by atoms with Crippen LogP contribution in [0.4, 0.5) is 5.69 Å². The average molecular weight is 663 g/mol. The van der Waals surface area contributed by atoms with E-state index in [1.165, 1.54) is 4.31 Å². The molecule has 2 amide bonds. The number of halogens is 2. The normalized spacial score (nSPS) is 13.2. The van der Waals surface area contributed by atoms with Crippen LogP contribution in [-0.2, 0) is 32.6 Å². The van der Waals surface area contributed by atoms with Gasteiger partial charge in [-0.25, -0.2) is 8.42 Å². The number of anilines is 1. The Hall–Kier alpha value is -3.47. The molecule has 0 bridgehead atoms. The molecule has 0 spiro atoms. The van der Waals surface area contributed by atoms with Crippen LogP contribution in [0.1, 0.15) is 37.3 Å². The second kappa shape index (κ2) is 15.5. The number of sulfonamides is 1. The predicted octanol–water partition coefficient (Wildman–Crippen LogP) is 5.48. The zero-order chi connectivity index (χ0) is 31.7. The molecule has 12 heteroatoms. The summed E-state index contributed by atoms with van der Waals surface area (Å²) in [6.45, 7) is 3.39. The Morgan fingerprint density at radius 2 is 1.66 bits per heavy atom. The maximum atomic E-state index is 14.0. The third-order valence-corrected chi connectivity index (χ3v) is 9.06. The van der Waals surface area contributed by atoms with E-state index in [1.807, 2.05) is 37.3 Å². The summed E-state index contributed by atoms with van der Waals surface area (Å²) in [7, 11) is -3.68. The molecule has 3 aromatic carbocycles. The van der Waals surface area contributed by atoms with Gasteiger partial charge in [0.25, 0.3) is 0 Å². The van der Waals surface area contributed by atoms with Gasteiger partial charge < -0.3 is 19.7 Å². The highest BCUT2D eigenvalue weighted by Crippen LogP contribution is 2.35. The van der Waals surface area contributed by atoms with Gasteiger partial charge in [0.15, 0.2) is 11.5 Å². The SMILES string of the molecule is CCCNC(=O)C(Cc1ccccc1)N(Cc1ccc(Cl)c(Cl)c1)C(=O)CCCN(c1ccc2c(c1)OCCO2)S(C)(=O)=O. The molecule has 1 unspecified atom stereocenters. The number of rotatable bonds is 14. The molecule has 44 heavy (non-hydrogen) atoms. The molecule has 9 nitrogen and oxygen atoms in total. The van der Waals surface area contributed by atoms with Crippen LogP contribution in [0.15, 0.2) is 66.7 Å². The Morgan fingerprint density at radius 1 is 0.932 bits per heavy atom. The average Bonchev–Trinajstić information content (AvgIpc) is 3.01. The minimum atomic E-state index is -3.68. The first-order valence-corrected chi connectivity index (χ1v) is 17.1. The van der Waals surface area contributed by atoms with Gasteiger partial charge in [-0.1, -0.05) is 66.5 Å². The molecule has 0 radical (unpaired) electrons. The van der Waals surface area contributed by atoms with Crippen LogP contribution in [0.25, 0.3) is 0 Å². The molecule has 0 saturated heterocycles. The first kappa shape index (κ1) is 33.4. The number of carbonyl (C=O) groups excluding carboxylic acids is 2. The number of hydrogen-bond acceptors (Lipinski definition) is 6. The van der Waals surface area contributed by atoms with Gasteiger partial charge in [0.2, 0.25) is 21.8 Å². The van der Waals surface area contributed by atoms with E-state index in [0.717, 1.165) is 18.2 Å². The quantitative estimate of drug-likeness (QED) is 0.245. The van der Waals surface area contributed by atoms with Crippen molar-refractivity contribution in [3.8, 4) is 11.5 Å². The summed E-state index contributed by atoms with van der Waals surface area (Å²) in [6.07, 6.45) is 2.38. The van der Waals surface area contributed by atoms with Gasteiger partial charge in [0, 0.05) is 38.5 Å². The predicted molar refractivity (Wildman–Crippen MR) is 173 cm³/mol. The lowest BCUT2D eigenvalue weighted by Gasteiger charge is -2.32. The molecule has 3 aromatic rings. The molecule has 0 aromatic heterocycles. The Labute approximate surface area is 269 Å². The van der Waals surface area contributed by atoms with E-state index in [-0.39, 0.29) is 37.7 Å². The van der Waals surface area contributed by atoms with Crippen molar-refractivity contribution in [1.82, 2.24) is 10.2 Å². The molecule has 1 aliphatic heterocycles. The highest BCUT2D eigenvalue weighted by molar-refractivity contribution is 7.92. The molecule has 1 heterocycles. The Morgan fingerprint density at radius 3 is 2.34 bits per heavy atom. The topological polar surface area (TPSA) is 105 Å². The van der Waals surface area contributed by atoms with Crippen molar-refractivity contribution in [3.05, 3.63) is 87.9 Å². The van der Waals surface area contributed by atoms with Crippen molar-refractivity contribution in [3.63, 3.8) is 0 Å². The first-order valence-electron chi connectivity index (χ1n) is 14.5. The molecule has 4 rings (SSSR count). The van der Waals surface area contributed by atoms with Crippen molar-refractivity contribution in [2.24, 2.45) is 0 Å². The van der Waals surface area contributed by atoms with Crippen LogP contribution in [0.2, 0.25) is 10.0 Å². The molecule has 0 fully saturated rings. The van der Waals surface area contributed by atoms with Crippen molar-refractivity contribution >= 4 is 50.7 Å². The van der Waals surface area contributed by atoms with E-state index in [0.29, 0.717) is 59.0 Å². The highest BCUT2D eigenvalue weighted by atomic mass is 35.5. The number of nitrogens with zero attached hydrogens (tertiary/aromatic N) is 2. The summed E-state index contributed by atoms with van der Waals surface area (Å²) >= 11 is 12.4. The fraction of sp³-hybridized carbons (Fsp3) is 0.375. The van der Waals surface area contributed by atoms with Gasteiger partial charge in [-0.15, -0.1) is 0 Å². The number of hydrogen-bond donors (Lipinski definition) is 1. The summed E-state index contributed by atoms with van der Waals surface area (Å²) in [5, 5.41) is 3.67. The fourth-order valence-corrected chi connectivity index (χ4v) is 6.22. The lowest BCUT2D eigenvalue weighted by Crippen LogP contribution is -2.50. The monoisotopic (exact) mass is 661 g/mol. The highest BCUT2D eigenvalue weighted by Gasteiger charge is 2.30.